The van der Waals surface area contributed by atoms with Crippen molar-refractivity contribution in [1.82, 2.24) is 9.88 Å². The second kappa shape index (κ2) is 12.3. The third kappa shape index (κ3) is 7.16. The summed E-state index contributed by atoms with van der Waals surface area (Å²) in [5.74, 6) is 0.00912. The van der Waals surface area contributed by atoms with Crippen LogP contribution in [0.25, 0.3) is 11.1 Å². The van der Waals surface area contributed by atoms with Gasteiger partial charge in [0.05, 0.1) is 11.3 Å². The maximum absolute atomic E-state index is 13.2. The number of Topliss-reactive ketones (excluding diaryl/α,β-unsaturated/α-hetero) is 1. The van der Waals surface area contributed by atoms with E-state index < -0.39 is 11.7 Å². The van der Waals surface area contributed by atoms with Crippen molar-refractivity contribution >= 4 is 23.1 Å². The summed E-state index contributed by atoms with van der Waals surface area (Å²) in [7, 11) is 0. The highest BCUT2D eigenvalue weighted by Crippen LogP contribution is 2.44. The fourth-order valence-electron chi connectivity index (χ4n) is 6.51. The number of aromatic nitrogens is 1. The van der Waals surface area contributed by atoms with Gasteiger partial charge in [-0.05, 0) is 100 Å². The normalized spacial score (nSPS) is 17.9. The van der Waals surface area contributed by atoms with E-state index in [1.165, 1.54) is 22.3 Å². The van der Waals surface area contributed by atoms with Gasteiger partial charge in [0.1, 0.15) is 6.10 Å². The zero-order chi connectivity index (χ0) is 31.1. The molecule has 2 aliphatic heterocycles. The van der Waals surface area contributed by atoms with E-state index in [-0.39, 0.29) is 5.78 Å². The lowest BCUT2D eigenvalue weighted by Crippen LogP contribution is -2.39. The van der Waals surface area contributed by atoms with Crippen molar-refractivity contribution in [1.29, 1.82) is 0 Å². The van der Waals surface area contributed by atoms with Gasteiger partial charge in [0.15, 0.2) is 5.78 Å². The van der Waals surface area contributed by atoms with E-state index in [0.29, 0.717) is 5.41 Å². The van der Waals surface area contributed by atoms with E-state index >= 15 is 0 Å². The van der Waals surface area contributed by atoms with Crippen molar-refractivity contribution in [2.45, 2.75) is 99.4 Å². The third-order valence-electron chi connectivity index (χ3n) is 9.17. The molecule has 1 aromatic heterocycles. The summed E-state index contributed by atoms with van der Waals surface area (Å²) in [5, 5.41) is 0.844. The molecule has 2 aliphatic rings. The molecule has 230 valence electrons. The molecular formula is C37H48ClN3O2. The van der Waals surface area contributed by atoms with Gasteiger partial charge in [0, 0.05) is 60.8 Å². The summed E-state index contributed by atoms with van der Waals surface area (Å²) in [5.41, 5.74) is 10.2. The number of piperidine rings is 1. The SMILES string of the molecule is CC(=O)[C@@H](OC(C)(C)C)c1c(C)ncc(-c2ccc3c(c2)CCN(Cc2c(C)cccc2Cl)C3)c1N1CCC(C)(C)CC1. The number of aryl methyl sites for hydroxylation is 2. The summed E-state index contributed by atoms with van der Waals surface area (Å²) >= 11 is 6.57. The van der Waals surface area contributed by atoms with Crippen LogP contribution in [0.5, 0.6) is 0 Å². The molecule has 1 atom stereocenters. The lowest BCUT2D eigenvalue weighted by atomic mass is 9.82. The average molecular weight is 602 g/mol. The molecule has 5 nitrogen and oxygen atoms in total. The fraction of sp³-hybridized carbons (Fsp3) is 0.514. The van der Waals surface area contributed by atoms with Gasteiger partial charge in [0.25, 0.3) is 0 Å². The molecule has 43 heavy (non-hydrogen) atoms. The maximum atomic E-state index is 13.2. The number of pyridine rings is 1. The van der Waals surface area contributed by atoms with Gasteiger partial charge >= 0.3 is 0 Å². The predicted octanol–water partition coefficient (Wildman–Crippen LogP) is 8.65. The van der Waals surface area contributed by atoms with Gasteiger partial charge in [-0.15, -0.1) is 0 Å². The Kier molecular flexibility index (Phi) is 9.09. The number of rotatable bonds is 7. The molecule has 0 radical (unpaired) electrons. The second-order valence-electron chi connectivity index (χ2n) is 14.4. The number of ketones is 1. The predicted molar refractivity (Wildman–Crippen MR) is 178 cm³/mol. The lowest BCUT2D eigenvalue weighted by Gasteiger charge is -2.41. The number of carbonyl (C=O) groups is 1. The summed E-state index contributed by atoms with van der Waals surface area (Å²) in [6.07, 6.45) is 4.53. The molecule has 2 aromatic carbocycles. The maximum Gasteiger partial charge on any atom is 0.163 e. The molecule has 3 aromatic rings. The molecule has 1 fully saturated rings. The first kappa shape index (κ1) is 31.7. The van der Waals surface area contributed by atoms with E-state index in [4.69, 9.17) is 21.3 Å². The van der Waals surface area contributed by atoms with Gasteiger partial charge in [-0.1, -0.05) is 55.8 Å². The molecule has 0 saturated carbocycles. The van der Waals surface area contributed by atoms with Crippen molar-refractivity contribution in [2.75, 3.05) is 24.5 Å². The Bertz CT molecular complexity index is 1480. The van der Waals surface area contributed by atoms with Gasteiger partial charge in [0.2, 0.25) is 0 Å². The van der Waals surface area contributed by atoms with E-state index in [9.17, 15) is 4.79 Å². The van der Waals surface area contributed by atoms with Gasteiger partial charge in [-0.3, -0.25) is 14.7 Å². The van der Waals surface area contributed by atoms with E-state index in [0.717, 1.165) is 85.1 Å². The standard InChI is InChI=1S/C37H48ClN3O2/c1-24-10-9-11-32(38)31(24)23-40-17-14-27-20-28(12-13-29(27)22-40)30-21-39-25(2)33(35(26(3)42)43-36(4,5)6)34(30)41-18-15-37(7,8)16-19-41/h9-13,20-21,35H,14-19,22-23H2,1-8H3/t35-/m1/s1. The van der Waals surface area contributed by atoms with Crippen LogP contribution in [0.3, 0.4) is 0 Å². The highest BCUT2D eigenvalue weighted by Gasteiger charge is 2.34. The summed E-state index contributed by atoms with van der Waals surface area (Å²) in [4.78, 5) is 23.0. The number of nitrogens with zero attached hydrogens (tertiary/aromatic N) is 3. The Morgan fingerprint density at radius 1 is 1.07 bits per heavy atom. The second-order valence-corrected chi connectivity index (χ2v) is 14.8. The minimum atomic E-state index is -0.670. The van der Waals surface area contributed by atoms with Crippen LogP contribution in [0.2, 0.25) is 5.02 Å². The lowest BCUT2D eigenvalue weighted by molar-refractivity contribution is -0.138. The van der Waals surface area contributed by atoms with E-state index in [2.05, 4.69) is 54.8 Å². The van der Waals surface area contributed by atoms with Gasteiger partial charge in [-0.25, -0.2) is 0 Å². The number of fused-ring (bicyclic) bond motifs is 1. The topological polar surface area (TPSA) is 45.7 Å². The summed E-state index contributed by atoms with van der Waals surface area (Å²) in [6.45, 7) is 21.2. The number of benzene rings is 2. The Labute approximate surface area is 263 Å². The molecule has 5 rings (SSSR count). The first-order chi connectivity index (χ1) is 20.2. The zero-order valence-electron chi connectivity index (χ0n) is 27.3. The molecule has 0 aliphatic carbocycles. The smallest absolute Gasteiger partial charge is 0.163 e. The molecular weight excluding hydrogens is 554 g/mol. The van der Waals surface area contributed by atoms with Crippen molar-refractivity contribution in [2.24, 2.45) is 5.41 Å². The zero-order valence-corrected chi connectivity index (χ0v) is 28.1. The Hall–Kier alpha value is -2.73. The van der Waals surface area contributed by atoms with E-state index in [1.54, 1.807) is 6.92 Å². The van der Waals surface area contributed by atoms with Crippen LogP contribution in [0, 0.1) is 19.3 Å². The average Bonchev–Trinajstić information content (AvgIpc) is 2.93. The van der Waals surface area contributed by atoms with Crippen molar-refractivity contribution in [3.8, 4) is 11.1 Å². The summed E-state index contributed by atoms with van der Waals surface area (Å²) < 4.78 is 6.47. The molecule has 0 bridgehead atoms. The first-order valence-corrected chi connectivity index (χ1v) is 16.1. The third-order valence-corrected chi connectivity index (χ3v) is 9.52. The van der Waals surface area contributed by atoms with Crippen molar-refractivity contribution in [3.05, 3.63) is 81.1 Å². The minimum Gasteiger partial charge on any atom is -0.371 e. The first-order valence-electron chi connectivity index (χ1n) is 15.7. The number of hydrogen-bond acceptors (Lipinski definition) is 5. The van der Waals surface area contributed by atoms with E-state index in [1.807, 2.05) is 46.0 Å². The molecule has 0 spiro atoms. The molecule has 0 unspecified atom stereocenters. The quantitative estimate of drug-likeness (QED) is 0.271. The van der Waals surface area contributed by atoms with Gasteiger partial charge in [-0.2, -0.15) is 0 Å². The minimum absolute atomic E-state index is 0.00912. The van der Waals surface area contributed by atoms with Gasteiger partial charge < -0.3 is 9.64 Å². The molecule has 1 saturated heterocycles. The number of anilines is 1. The Morgan fingerprint density at radius 2 is 1.79 bits per heavy atom. The highest BCUT2D eigenvalue weighted by molar-refractivity contribution is 6.31. The monoisotopic (exact) mass is 601 g/mol. The Balaban J connectivity index is 1.53. The summed E-state index contributed by atoms with van der Waals surface area (Å²) in [6, 6.07) is 13.0. The Morgan fingerprint density at radius 3 is 2.44 bits per heavy atom. The molecule has 3 heterocycles. The highest BCUT2D eigenvalue weighted by atomic mass is 35.5. The van der Waals surface area contributed by atoms with Crippen LogP contribution in [-0.4, -0.2) is 40.9 Å². The molecule has 6 heteroatoms. The number of ether oxygens (including phenoxy) is 1. The van der Waals surface area contributed by atoms with Crippen LogP contribution in [0.4, 0.5) is 5.69 Å². The largest absolute Gasteiger partial charge is 0.371 e. The van der Waals surface area contributed by atoms with Crippen LogP contribution in [0.15, 0.2) is 42.6 Å². The molecule has 0 N–H and O–H groups in total. The van der Waals surface area contributed by atoms with Crippen LogP contribution >= 0.6 is 11.6 Å². The molecule has 0 amide bonds. The van der Waals surface area contributed by atoms with Crippen LogP contribution < -0.4 is 4.90 Å². The fourth-order valence-corrected chi connectivity index (χ4v) is 6.79. The van der Waals surface area contributed by atoms with Crippen molar-refractivity contribution < 1.29 is 9.53 Å². The van der Waals surface area contributed by atoms with Crippen molar-refractivity contribution in [3.63, 3.8) is 0 Å². The van der Waals surface area contributed by atoms with Crippen LogP contribution in [0.1, 0.15) is 94.0 Å². The number of carbonyl (C=O) groups excluding carboxylic acids is 1. The van der Waals surface area contributed by atoms with Crippen LogP contribution in [-0.2, 0) is 29.0 Å². The number of hydrogen-bond donors (Lipinski definition) is 0. The number of halogens is 1.